The molecule has 0 saturated carbocycles. The Morgan fingerprint density at radius 1 is 1.07 bits per heavy atom. The molecule has 0 atom stereocenters. The van der Waals surface area contributed by atoms with Gasteiger partial charge in [-0.1, -0.05) is 12.1 Å². The van der Waals surface area contributed by atoms with E-state index in [-0.39, 0.29) is 12.1 Å². The van der Waals surface area contributed by atoms with Gasteiger partial charge in [-0.05, 0) is 43.2 Å². The molecule has 3 rings (SSSR count). The van der Waals surface area contributed by atoms with Crippen molar-refractivity contribution in [3.8, 4) is 0 Å². The fourth-order valence-electron chi connectivity index (χ4n) is 3.28. The van der Waals surface area contributed by atoms with Gasteiger partial charge >= 0.3 is 12.1 Å². The zero-order chi connectivity index (χ0) is 20.8. The van der Waals surface area contributed by atoms with Crippen LogP contribution in [-0.2, 0) is 11.3 Å². The third kappa shape index (κ3) is 5.45. The van der Waals surface area contributed by atoms with E-state index < -0.39 is 0 Å². The number of amides is 3. The molecule has 3 amide bonds. The first-order valence-electron chi connectivity index (χ1n) is 9.60. The third-order valence-electron chi connectivity index (χ3n) is 5.06. The molecular formula is C21H27N5O3. The molecule has 154 valence electrons. The van der Waals surface area contributed by atoms with Crippen LogP contribution in [0, 0.1) is 13.8 Å². The summed E-state index contributed by atoms with van der Waals surface area (Å²) < 4.78 is 4.78. The lowest BCUT2D eigenvalue weighted by Crippen LogP contribution is -2.48. The minimum atomic E-state index is -0.303. The molecule has 29 heavy (non-hydrogen) atoms. The molecule has 2 heterocycles. The quantitative estimate of drug-likeness (QED) is 0.827. The van der Waals surface area contributed by atoms with E-state index in [2.05, 4.69) is 26.6 Å². The number of nitrogens with one attached hydrogen (secondary N) is 2. The number of carbonyl (C=O) groups excluding carboxylic acids is 2. The summed E-state index contributed by atoms with van der Waals surface area (Å²) in [6.45, 7) is 7.53. The summed E-state index contributed by atoms with van der Waals surface area (Å²) >= 11 is 0. The van der Waals surface area contributed by atoms with Gasteiger partial charge in [0.1, 0.15) is 0 Å². The number of aromatic nitrogens is 1. The van der Waals surface area contributed by atoms with Crippen molar-refractivity contribution in [1.82, 2.24) is 14.8 Å². The van der Waals surface area contributed by atoms with Crippen LogP contribution in [0.25, 0.3) is 0 Å². The maximum absolute atomic E-state index is 12.3. The maximum atomic E-state index is 12.3. The number of urea groups is 1. The Kier molecular flexibility index (Phi) is 6.66. The predicted molar refractivity (Wildman–Crippen MR) is 112 cm³/mol. The number of rotatable bonds is 4. The number of methoxy groups -OCH3 is 1. The SMILES string of the molecule is COC(=O)N1CCN(Cc2cccc(NC(=O)Nc3ccc(C)nc3)c2C)CC1. The van der Waals surface area contributed by atoms with Crippen molar-refractivity contribution in [3.05, 3.63) is 53.3 Å². The largest absolute Gasteiger partial charge is 0.453 e. The number of hydrogen-bond donors (Lipinski definition) is 2. The smallest absolute Gasteiger partial charge is 0.409 e. The predicted octanol–water partition coefficient (Wildman–Crippen LogP) is 3.23. The second-order valence-electron chi connectivity index (χ2n) is 7.09. The van der Waals surface area contributed by atoms with Crippen LogP contribution in [0.4, 0.5) is 21.0 Å². The molecule has 1 saturated heterocycles. The Hall–Kier alpha value is -3.13. The second kappa shape index (κ2) is 9.38. The lowest BCUT2D eigenvalue weighted by molar-refractivity contribution is 0.0888. The molecule has 0 aliphatic carbocycles. The number of ether oxygens (including phenoxy) is 1. The summed E-state index contributed by atoms with van der Waals surface area (Å²) in [4.78, 5) is 32.1. The molecule has 0 unspecified atom stereocenters. The summed E-state index contributed by atoms with van der Waals surface area (Å²) in [6.07, 6.45) is 1.36. The monoisotopic (exact) mass is 397 g/mol. The van der Waals surface area contributed by atoms with Gasteiger partial charge < -0.3 is 20.3 Å². The van der Waals surface area contributed by atoms with Crippen LogP contribution in [0.15, 0.2) is 36.5 Å². The van der Waals surface area contributed by atoms with Crippen molar-refractivity contribution in [2.45, 2.75) is 20.4 Å². The van der Waals surface area contributed by atoms with Gasteiger partial charge in [-0.2, -0.15) is 0 Å². The molecule has 1 aromatic carbocycles. The fourth-order valence-corrected chi connectivity index (χ4v) is 3.28. The highest BCUT2D eigenvalue weighted by Crippen LogP contribution is 2.21. The molecule has 8 nitrogen and oxygen atoms in total. The van der Waals surface area contributed by atoms with Crippen LogP contribution >= 0.6 is 0 Å². The van der Waals surface area contributed by atoms with Crippen LogP contribution in [0.3, 0.4) is 0 Å². The number of nitrogens with zero attached hydrogens (tertiary/aromatic N) is 3. The summed E-state index contributed by atoms with van der Waals surface area (Å²) in [7, 11) is 1.40. The number of carbonyl (C=O) groups is 2. The van der Waals surface area contributed by atoms with Crippen molar-refractivity contribution in [1.29, 1.82) is 0 Å². The van der Waals surface area contributed by atoms with Crippen LogP contribution in [0.2, 0.25) is 0 Å². The van der Waals surface area contributed by atoms with Crippen molar-refractivity contribution in [2.24, 2.45) is 0 Å². The zero-order valence-corrected chi connectivity index (χ0v) is 17.1. The minimum absolute atomic E-state index is 0.276. The number of anilines is 2. The maximum Gasteiger partial charge on any atom is 0.409 e. The van der Waals surface area contributed by atoms with Crippen LogP contribution in [-0.4, -0.2) is 60.2 Å². The van der Waals surface area contributed by atoms with E-state index in [9.17, 15) is 9.59 Å². The minimum Gasteiger partial charge on any atom is -0.453 e. The van der Waals surface area contributed by atoms with Gasteiger partial charge in [0.15, 0.2) is 0 Å². The van der Waals surface area contributed by atoms with Gasteiger partial charge in [0.05, 0.1) is 19.0 Å². The van der Waals surface area contributed by atoms with Gasteiger partial charge in [0.25, 0.3) is 0 Å². The van der Waals surface area contributed by atoms with E-state index in [4.69, 9.17) is 4.74 Å². The first kappa shape index (κ1) is 20.6. The number of hydrogen-bond acceptors (Lipinski definition) is 5. The molecular weight excluding hydrogens is 370 g/mol. The molecule has 1 aromatic heterocycles. The standard InChI is InChI=1S/C21H27N5O3/c1-15-7-8-18(13-22-15)23-20(27)24-19-6-4-5-17(16(19)2)14-25-9-11-26(12-10-25)21(28)29-3/h4-8,13H,9-12,14H2,1-3H3,(H2,23,24,27). The normalized spacial score (nSPS) is 14.4. The number of piperazine rings is 1. The van der Waals surface area contributed by atoms with E-state index in [0.29, 0.717) is 18.8 Å². The van der Waals surface area contributed by atoms with Gasteiger partial charge in [-0.3, -0.25) is 9.88 Å². The van der Waals surface area contributed by atoms with Gasteiger partial charge in [0, 0.05) is 44.1 Å². The molecule has 0 radical (unpaired) electrons. The average Bonchev–Trinajstić information content (AvgIpc) is 2.72. The molecule has 2 aromatic rings. The average molecular weight is 397 g/mol. The molecule has 1 aliphatic rings. The van der Waals surface area contributed by atoms with Crippen LogP contribution < -0.4 is 10.6 Å². The van der Waals surface area contributed by atoms with Crippen molar-refractivity contribution >= 4 is 23.5 Å². The molecule has 0 bridgehead atoms. The zero-order valence-electron chi connectivity index (χ0n) is 17.1. The molecule has 2 N–H and O–H groups in total. The van der Waals surface area contributed by atoms with Gasteiger partial charge in [0.2, 0.25) is 0 Å². The van der Waals surface area contributed by atoms with E-state index in [1.54, 1.807) is 11.1 Å². The van der Waals surface area contributed by atoms with E-state index >= 15 is 0 Å². The van der Waals surface area contributed by atoms with Crippen LogP contribution in [0.1, 0.15) is 16.8 Å². The second-order valence-corrected chi connectivity index (χ2v) is 7.09. The lowest BCUT2D eigenvalue weighted by Gasteiger charge is -2.34. The van der Waals surface area contributed by atoms with E-state index in [0.717, 1.165) is 42.1 Å². The Balaban J connectivity index is 1.58. The topological polar surface area (TPSA) is 86.8 Å². The van der Waals surface area contributed by atoms with Gasteiger partial charge in [-0.15, -0.1) is 0 Å². The highest BCUT2D eigenvalue weighted by molar-refractivity contribution is 6.00. The highest BCUT2D eigenvalue weighted by Gasteiger charge is 2.22. The summed E-state index contributed by atoms with van der Waals surface area (Å²) in [5.41, 5.74) is 4.48. The van der Waals surface area contributed by atoms with Crippen LogP contribution in [0.5, 0.6) is 0 Å². The molecule has 1 fully saturated rings. The van der Waals surface area contributed by atoms with Crippen molar-refractivity contribution in [3.63, 3.8) is 0 Å². The Bertz CT molecular complexity index is 861. The summed E-state index contributed by atoms with van der Waals surface area (Å²) in [6, 6.07) is 9.26. The number of benzene rings is 1. The summed E-state index contributed by atoms with van der Waals surface area (Å²) in [5.74, 6) is 0. The molecule has 1 aliphatic heterocycles. The van der Waals surface area contributed by atoms with Crippen molar-refractivity contribution in [2.75, 3.05) is 43.9 Å². The first-order chi connectivity index (χ1) is 14.0. The van der Waals surface area contributed by atoms with Crippen molar-refractivity contribution < 1.29 is 14.3 Å². The Morgan fingerprint density at radius 3 is 2.48 bits per heavy atom. The van der Waals surface area contributed by atoms with E-state index in [1.165, 1.54) is 7.11 Å². The lowest BCUT2D eigenvalue weighted by atomic mass is 10.1. The molecule has 0 spiro atoms. The highest BCUT2D eigenvalue weighted by atomic mass is 16.5. The Morgan fingerprint density at radius 2 is 1.83 bits per heavy atom. The summed E-state index contributed by atoms with van der Waals surface area (Å²) in [5, 5.41) is 5.71. The number of aryl methyl sites for hydroxylation is 1. The van der Waals surface area contributed by atoms with Gasteiger partial charge in [-0.25, -0.2) is 9.59 Å². The third-order valence-corrected chi connectivity index (χ3v) is 5.06. The molecule has 8 heteroatoms. The Labute approximate surface area is 170 Å². The fraction of sp³-hybridized carbons (Fsp3) is 0.381. The first-order valence-corrected chi connectivity index (χ1v) is 9.60. The number of pyridine rings is 1. The van der Waals surface area contributed by atoms with E-state index in [1.807, 2.05) is 38.1 Å².